The van der Waals surface area contributed by atoms with E-state index in [-0.39, 0.29) is 6.42 Å². The highest BCUT2D eigenvalue weighted by atomic mass is 31.2. The predicted molar refractivity (Wildman–Crippen MR) is 68.3 cm³/mol. The van der Waals surface area contributed by atoms with Crippen LogP contribution in [0.3, 0.4) is 0 Å². The number of aliphatic hydroxyl groups is 1. The number of nitro groups is 1. The minimum absolute atomic E-state index is 0.152. The van der Waals surface area contributed by atoms with Gasteiger partial charge in [-0.05, 0) is 0 Å². The van der Waals surface area contributed by atoms with Crippen molar-refractivity contribution in [2.24, 2.45) is 0 Å². The molecule has 0 aromatic heterocycles. The molecular weight excluding hydrogens is 341 g/mol. The van der Waals surface area contributed by atoms with Crippen molar-refractivity contribution in [2.45, 2.75) is 30.9 Å². The molecule has 13 nitrogen and oxygen atoms in total. The zero-order valence-electron chi connectivity index (χ0n) is 11.5. The molecule has 130 valence electrons. The van der Waals surface area contributed by atoms with Crippen molar-refractivity contribution in [1.29, 1.82) is 0 Å². The fourth-order valence-corrected chi connectivity index (χ4v) is 2.59. The van der Waals surface area contributed by atoms with Crippen LogP contribution in [-0.2, 0) is 18.6 Å². The Bertz CT molecular complexity index is 564. The summed E-state index contributed by atoms with van der Waals surface area (Å²) in [5, 5.41) is 22.4. The maximum Gasteiger partial charge on any atom is 0.469 e. The van der Waals surface area contributed by atoms with Crippen LogP contribution >= 0.6 is 7.82 Å². The summed E-state index contributed by atoms with van der Waals surface area (Å²) < 4.78 is 20.1. The summed E-state index contributed by atoms with van der Waals surface area (Å²) in [6.45, 7) is -1.17. The maximum absolute atomic E-state index is 11.7. The molecule has 0 radical (unpaired) electrons. The van der Waals surface area contributed by atoms with Gasteiger partial charge in [0.25, 0.3) is 0 Å². The van der Waals surface area contributed by atoms with Gasteiger partial charge in [-0.25, -0.2) is 9.36 Å². The number of imide groups is 1. The number of ether oxygens (including phenoxy) is 1. The van der Waals surface area contributed by atoms with Crippen molar-refractivity contribution < 1.29 is 43.2 Å². The monoisotopic (exact) mass is 355 g/mol. The second-order valence-electron chi connectivity index (χ2n) is 4.97. The van der Waals surface area contributed by atoms with Gasteiger partial charge < -0.3 is 19.6 Å². The average molecular weight is 355 g/mol. The Hall–Kier alpha value is -1.63. The van der Waals surface area contributed by atoms with Gasteiger partial charge in [-0.15, -0.1) is 0 Å². The van der Waals surface area contributed by atoms with Crippen LogP contribution in [0.1, 0.15) is 6.42 Å². The summed E-state index contributed by atoms with van der Waals surface area (Å²) in [6, 6.07) is -2.58. The average Bonchev–Trinajstić information content (AvgIpc) is 2.76. The molecule has 2 heterocycles. The normalized spacial score (nSPS) is 32.0. The van der Waals surface area contributed by atoms with Crippen molar-refractivity contribution in [2.75, 3.05) is 13.2 Å². The number of aliphatic hydroxyl groups excluding tert-OH is 1. The fraction of sp³-hybridized carbons (Fsp3) is 0.778. The maximum atomic E-state index is 11.7. The first-order valence-corrected chi connectivity index (χ1v) is 7.90. The van der Waals surface area contributed by atoms with E-state index >= 15 is 0 Å². The van der Waals surface area contributed by atoms with E-state index in [1.54, 1.807) is 0 Å². The van der Waals surface area contributed by atoms with Crippen LogP contribution in [0.5, 0.6) is 0 Å². The molecule has 0 aliphatic carbocycles. The number of carbonyl (C=O) groups excluding carboxylic acids is 2. The molecule has 2 aliphatic rings. The quantitative estimate of drug-likeness (QED) is 0.238. The largest absolute Gasteiger partial charge is 0.469 e. The number of amides is 3. The first kappa shape index (κ1) is 17.7. The van der Waals surface area contributed by atoms with Crippen molar-refractivity contribution >= 4 is 19.8 Å². The molecule has 4 atom stereocenters. The molecule has 2 aliphatic heterocycles. The SMILES string of the molecule is O=C1NC(=O)N([C@H]2C[C@H](O)[C@@H](COP(=O)(O)O)O2)CC1[N+](=O)[O-]. The Morgan fingerprint density at radius 2 is 2.13 bits per heavy atom. The van der Waals surface area contributed by atoms with Crippen LogP contribution in [0.15, 0.2) is 0 Å². The number of nitrogens with zero attached hydrogens (tertiary/aromatic N) is 2. The highest BCUT2D eigenvalue weighted by Gasteiger charge is 2.47. The number of nitrogens with one attached hydrogen (secondary N) is 1. The van der Waals surface area contributed by atoms with Crippen LogP contribution in [-0.4, -0.2) is 74.3 Å². The molecule has 2 saturated heterocycles. The Morgan fingerprint density at radius 3 is 2.70 bits per heavy atom. The number of phosphoric ester groups is 1. The standard InChI is InChI=1S/C9H14N3O10P/c13-5-1-7(22-6(5)3-21-23(18,19)20)11-2-4(12(16)17)8(14)10-9(11)15/h4-7,13H,1-3H2,(H,10,14,15)(H2,18,19,20)/t4?,5-,6+,7+/m0/s1. The Balaban J connectivity index is 2.01. The number of hydrogen-bond acceptors (Lipinski definition) is 8. The lowest BCUT2D eigenvalue weighted by molar-refractivity contribution is -0.509. The Labute approximate surface area is 128 Å². The lowest BCUT2D eigenvalue weighted by Gasteiger charge is -2.32. The van der Waals surface area contributed by atoms with Crippen molar-refractivity contribution in [3.8, 4) is 0 Å². The summed E-state index contributed by atoms with van der Waals surface area (Å²) in [7, 11) is -4.76. The van der Waals surface area contributed by atoms with E-state index in [1.807, 2.05) is 5.32 Å². The number of rotatable bonds is 5. The van der Waals surface area contributed by atoms with E-state index in [0.717, 1.165) is 4.90 Å². The smallest absolute Gasteiger partial charge is 0.390 e. The van der Waals surface area contributed by atoms with Crippen LogP contribution in [0, 0.1) is 10.1 Å². The predicted octanol–water partition coefficient (Wildman–Crippen LogP) is -2.23. The summed E-state index contributed by atoms with van der Waals surface area (Å²) >= 11 is 0. The zero-order chi connectivity index (χ0) is 17.4. The van der Waals surface area contributed by atoms with E-state index in [9.17, 15) is 29.4 Å². The van der Waals surface area contributed by atoms with Gasteiger partial charge in [-0.2, -0.15) is 0 Å². The molecule has 3 amide bonds. The third-order valence-corrected chi connectivity index (χ3v) is 3.86. The topological polar surface area (TPSA) is 189 Å². The fourth-order valence-electron chi connectivity index (χ4n) is 2.25. The molecule has 0 spiro atoms. The molecule has 23 heavy (non-hydrogen) atoms. The zero-order valence-corrected chi connectivity index (χ0v) is 12.4. The van der Waals surface area contributed by atoms with Gasteiger partial charge in [0.15, 0.2) is 0 Å². The van der Waals surface area contributed by atoms with Gasteiger partial charge in [0.2, 0.25) is 0 Å². The van der Waals surface area contributed by atoms with Crippen LogP contribution < -0.4 is 5.32 Å². The molecule has 0 saturated carbocycles. The van der Waals surface area contributed by atoms with Gasteiger partial charge in [-0.3, -0.25) is 29.6 Å². The summed E-state index contributed by atoms with van der Waals surface area (Å²) in [5.41, 5.74) is 0. The van der Waals surface area contributed by atoms with Gasteiger partial charge >= 0.3 is 25.8 Å². The minimum atomic E-state index is -4.76. The molecule has 14 heteroatoms. The van der Waals surface area contributed by atoms with Gasteiger partial charge in [0.05, 0.1) is 12.7 Å². The van der Waals surface area contributed by atoms with Crippen molar-refractivity contribution in [1.82, 2.24) is 10.2 Å². The van der Waals surface area contributed by atoms with E-state index in [0.29, 0.717) is 0 Å². The Morgan fingerprint density at radius 1 is 1.48 bits per heavy atom. The first-order chi connectivity index (χ1) is 10.6. The van der Waals surface area contributed by atoms with Crippen LogP contribution in [0.4, 0.5) is 4.79 Å². The molecule has 2 fully saturated rings. The van der Waals surface area contributed by atoms with E-state index < -0.39 is 62.3 Å². The number of urea groups is 1. The number of phosphoric acid groups is 1. The van der Waals surface area contributed by atoms with Crippen molar-refractivity contribution in [3.05, 3.63) is 10.1 Å². The third kappa shape index (κ3) is 4.22. The van der Waals surface area contributed by atoms with E-state index in [4.69, 9.17) is 14.5 Å². The van der Waals surface area contributed by atoms with Gasteiger partial charge in [-0.1, -0.05) is 0 Å². The molecule has 4 N–H and O–H groups in total. The molecule has 0 aromatic carbocycles. The summed E-state index contributed by atoms with van der Waals surface area (Å²) in [6.07, 6.45) is -3.58. The van der Waals surface area contributed by atoms with Gasteiger partial charge in [0.1, 0.15) is 18.9 Å². The summed E-state index contributed by atoms with van der Waals surface area (Å²) in [5.74, 6) is -1.05. The highest BCUT2D eigenvalue weighted by Crippen LogP contribution is 2.37. The van der Waals surface area contributed by atoms with Gasteiger partial charge in [0, 0.05) is 11.3 Å². The van der Waals surface area contributed by atoms with Crippen LogP contribution in [0.25, 0.3) is 0 Å². The second kappa shape index (κ2) is 6.47. The molecule has 0 aromatic rings. The lowest BCUT2D eigenvalue weighted by Crippen LogP contribution is -2.61. The second-order valence-corrected chi connectivity index (χ2v) is 6.21. The lowest BCUT2D eigenvalue weighted by atomic mass is 10.1. The molecular formula is C9H14N3O10P. The van der Waals surface area contributed by atoms with Crippen molar-refractivity contribution in [3.63, 3.8) is 0 Å². The van der Waals surface area contributed by atoms with E-state index in [1.165, 1.54) is 0 Å². The van der Waals surface area contributed by atoms with E-state index in [2.05, 4.69) is 4.52 Å². The highest BCUT2D eigenvalue weighted by molar-refractivity contribution is 7.46. The molecule has 0 bridgehead atoms. The summed E-state index contributed by atoms with van der Waals surface area (Å²) in [4.78, 5) is 51.1. The third-order valence-electron chi connectivity index (χ3n) is 3.38. The number of carbonyl (C=O) groups is 2. The first-order valence-electron chi connectivity index (χ1n) is 6.37. The number of hydrogen-bond donors (Lipinski definition) is 4. The minimum Gasteiger partial charge on any atom is -0.390 e. The Kier molecular flexibility index (Phi) is 4.98. The molecule has 1 unspecified atom stereocenters. The van der Waals surface area contributed by atoms with Crippen LogP contribution in [0.2, 0.25) is 0 Å². The molecule has 2 rings (SSSR count).